The average molecular weight is 400 g/mol. The first-order valence-corrected chi connectivity index (χ1v) is 10.0. The van der Waals surface area contributed by atoms with Gasteiger partial charge in [0.1, 0.15) is 23.0 Å². The van der Waals surface area contributed by atoms with Gasteiger partial charge >= 0.3 is 0 Å². The molecule has 1 aliphatic rings. The van der Waals surface area contributed by atoms with Crippen molar-refractivity contribution in [2.24, 2.45) is 0 Å². The number of halogens is 1. The van der Waals surface area contributed by atoms with Gasteiger partial charge in [-0.2, -0.15) is 4.52 Å². The van der Waals surface area contributed by atoms with Crippen LogP contribution in [-0.2, 0) is 19.6 Å². The van der Waals surface area contributed by atoms with Crippen molar-refractivity contribution >= 4 is 38.8 Å². The van der Waals surface area contributed by atoms with E-state index >= 15 is 0 Å². The lowest BCUT2D eigenvalue weighted by Gasteiger charge is -2.21. The molecular weight excluding hydrogens is 382 g/mol. The summed E-state index contributed by atoms with van der Waals surface area (Å²) in [7, 11) is 2.16. The second-order valence-corrected chi connectivity index (χ2v) is 8.36. The van der Waals surface area contributed by atoms with Gasteiger partial charge in [-0.15, -0.1) is 16.4 Å². The van der Waals surface area contributed by atoms with Gasteiger partial charge in [0.25, 0.3) is 0 Å². The monoisotopic (exact) mass is 399 g/mol. The van der Waals surface area contributed by atoms with Crippen LogP contribution in [0.25, 0.3) is 15.9 Å². The van der Waals surface area contributed by atoms with Gasteiger partial charge in [-0.25, -0.2) is 9.97 Å². The minimum atomic E-state index is 0.305. The summed E-state index contributed by atoms with van der Waals surface area (Å²) >= 11 is 7.69. The molecule has 3 aromatic heterocycles. The van der Waals surface area contributed by atoms with Gasteiger partial charge in [-0.3, -0.25) is 0 Å². The molecule has 8 heteroatoms. The Morgan fingerprint density at radius 1 is 1.22 bits per heavy atom. The van der Waals surface area contributed by atoms with Gasteiger partial charge in [-0.1, -0.05) is 11.6 Å². The van der Waals surface area contributed by atoms with Crippen molar-refractivity contribution < 1.29 is 4.74 Å². The van der Waals surface area contributed by atoms with Crippen molar-refractivity contribution in [2.45, 2.75) is 26.5 Å². The quantitative estimate of drug-likeness (QED) is 0.523. The summed E-state index contributed by atoms with van der Waals surface area (Å²) < 4.78 is 7.66. The summed E-state index contributed by atoms with van der Waals surface area (Å²) in [5.74, 6) is 2.24. The van der Waals surface area contributed by atoms with E-state index in [9.17, 15) is 0 Å². The van der Waals surface area contributed by atoms with E-state index in [4.69, 9.17) is 26.3 Å². The molecule has 1 aliphatic heterocycles. The lowest BCUT2D eigenvalue weighted by Crippen LogP contribution is -2.25. The van der Waals surface area contributed by atoms with E-state index in [-0.39, 0.29) is 0 Å². The standard InChI is InChI=1S/C19H18ClN5OS/c1-11-21-19-17(14-7-8-24(2)9-15(14)27-19)18-22-16(23-25(11)18)10-26-13-5-3-12(20)4-6-13/h3-6H,7-10H2,1-2H3. The van der Waals surface area contributed by atoms with Crippen LogP contribution in [0.1, 0.15) is 22.1 Å². The number of hydrogen-bond acceptors (Lipinski definition) is 6. The molecule has 0 radical (unpaired) electrons. The molecule has 5 rings (SSSR count). The highest BCUT2D eigenvalue weighted by Crippen LogP contribution is 2.36. The third-order valence-corrected chi connectivity index (χ3v) is 6.22. The highest BCUT2D eigenvalue weighted by atomic mass is 35.5. The minimum absolute atomic E-state index is 0.305. The molecule has 27 heavy (non-hydrogen) atoms. The Hall–Kier alpha value is -2.22. The fraction of sp³-hybridized carbons (Fsp3) is 0.316. The molecule has 6 nitrogen and oxygen atoms in total. The number of aryl methyl sites for hydroxylation is 1. The topological polar surface area (TPSA) is 55.6 Å². The predicted octanol–water partition coefficient (Wildman–Crippen LogP) is 3.87. The number of ether oxygens (including phenoxy) is 1. The number of benzene rings is 1. The Kier molecular flexibility index (Phi) is 4.03. The number of likely N-dealkylation sites (N-methyl/N-ethyl adjacent to an activating group) is 1. The van der Waals surface area contributed by atoms with Crippen LogP contribution in [0.3, 0.4) is 0 Å². The third kappa shape index (κ3) is 2.96. The van der Waals surface area contributed by atoms with Gasteiger partial charge < -0.3 is 9.64 Å². The number of rotatable bonds is 3. The fourth-order valence-corrected chi connectivity index (χ4v) is 4.97. The second-order valence-electron chi connectivity index (χ2n) is 6.84. The van der Waals surface area contributed by atoms with Crippen LogP contribution in [0.15, 0.2) is 24.3 Å². The maximum absolute atomic E-state index is 5.92. The van der Waals surface area contributed by atoms with E-state index in [2.05, 4.69) is 17.0 Å². The zero-order chi connectivity index (χ0) is 18.5. The molecule has 1 aromatic carbocycles. The lowest BCUT2D eigenvalue weighted by atomic mass is 10.1. The minimum Gasteiger partial charge on any atom is -0.486 e. The largest absolute Gasteiger partial charge is 0.486 e. The Morgan fingerprint density at radius 2 is 2.04 bits per heavy atom. The molecule has 0 saturated carbocycles. The van der Waals surface area contributed by atoms with E-state index in [0.717, 1.165) is 46.9 Å². The highest BCUT2D eigenvalue weighted by Gasteiger charge is 2.23. The van der Waals surface area contributed by atoms with Crippen LogP contribution in [0.2, 0.25) is 5.02 Å². The summed E-state index contributed by atoms with van der Waals surface area (Å²) in [5.41, 5.74) is 2.26. The Balaban J connectivity index is 1.55. The highest BCUT2D eigenvalue weighted by molar-refractivity contribution is 7.19. The maximum atomic E-state index is 5.92. The van der Waals surface area contributed by atoms with Crippen molar-refractivity contribution in [1.82, 2.24) is 24.5 Å². The van der Waals surface area contributed by atoms with Crippen molar-refractivity contribution in [3.8, 4) is 5.75 Å². The SMILES string of the molecule is Cc1nc2sc3c(c2c2nc(COc4ccc(Cl)cc4)nn12)CCN(C)C3. The molecule has 0 amide bonds. The van der Waals surface area contributed by atoms with Gasteiger partial charge in [0, 0.05) is 23.0 Å². The number of nitrogens with zero attached hydrogens (tertiary/aromatic N) is 5. The molecule has 0 fully saturated rings. The average Bonchev–Trinajstić information content (AvgIpc) is 3.22. The molecule has 0 saturated heterocycles. The molecule has 4 heterocycles. The number of aromatic nitrogens is 4. The van der Waals surface area contributed by atoms with E-state index in [0.29, 0.717) is 17.5 Å². The molecule has 0 bridgehead atoms. The van der Waals surface area contributed by atoms with Crippen molar-refractivity contribution in [2.75, 3.05) is 13.6 Å². The fourth-order valence-electron chi connectivity index (χ4n) is 3.50. The van der Waals surface area contributed by atoms with Crippen LogP contribution in [0, 0.1) is 6.92 Å². The first kappa shape index (κ1) is 16.9. The van der Waals surface area contributed by atoms with Gasteiger partial charge in [0.05, 0.1) is 5.39 Å². The van der Waals surface area contributed by atoms with Crippen LogP contribution in [0.4, 0.5) is 0 Å². The number of hydrogen-bond donors (Lipinski definition) is 0. The summed E-state index contributed by atoms with van der Waals surface area (Å²) in [6.07, 6.45) is 1.02. The van der Waals surface area contributed by atoms with Crippen LogP contribution < -0.4 is 4.74 Å². The molecule has 138 valence electrons. The summed E-state index contributed by atoms with van der Waals surface area (Å²) in [5, 5.41) is 6.46. The van der Waals surface area contributed by atoms with E-state index in [1.54, 1.807) is 23.5 Å². The smallest absolute Gasteiger partial charge is 0.189 e. The lowest BCUT2D eigenvalue weighted by molar-refractivity contribution is 0.296. The van der Waals surface area contributed by atoms with Crippen LogP contribution >= 0.6 is 22.9 Å². The van der Waals surface area contributed by atoms with Crippen LogP contribution in [-0.4, -0.2) is 38.1 Å². The van der Waals surface area contributed by atoms with E-state index in [1.807, 2.05) is 23.6 Å². The second kappa shape index (κ2) is 6.44. The molecule has 0 spiro atoms. The molecule has 0 unspecified atom stereocenters. The number of fused-ring (bicyclic) bond motifs is 5. The summed E-state index contributed by atoms with van der Waals surface area (Å²) in [4.78, 5) is 14.4. The van der Waals surface area contributed by atoms with Gasteiger partial charge in [0.15, 0.2) is 11.5 Å². The van der Waals surface area contributed by atoms with Crippen molar-refractivity contribution in [1.29, 1.82) is 0 Å². The molecule has 0 atom stereocenters. The van der Waals surface area contributed by atoms with Gasteiger partial charge in [-0.05, 0) is 50.2 Å². The number of thiophene rings is 1. The third-order valence-electron chi connectivity index (χ3n) is 4.86. The summed E-state index contributed by atoms with van der Waals surface area (Å²) in [6.45, 7) is 4.30. The van der Waals surface area contributed by atoms with E-state index in [1.165, 1.54) is 10.4 Å². The predicted molar refractivity (Wildman–Crippen MR) is 107 cm³/mol. The Bertz CT molecular complexity index is 1150. The zero-order valence-corrected chi connectivity index (χ0v) is 16.6. The first-order valence-electron chi connectivity index (χ1n) is 8.82. The first-order chi connectivity index (χ1) is 13.1. The zero-order valence-electron chi connectivity index (χ0n) is 15.1. The van der Waals surface area contributed by atoms with Crippen molar-refractivity contribution in [3.63, 3.8) is 0 Å². The van der Waals surface area contributed by atoms with Crippen LogP contribution in [0.5, 0.6) is 5.75 Å². The molecule has 4 aromatic rings. The van der Waals surface area contributed by atoms with E-state index < -0.39 is 0 Å². The molecule has 0 aliphatic carbocycles. The Labute approximate surface area is 165 Å². The molecular formula is C19H18ClN5OS. The van der Waals surface area contributed by atoms with Crippen molar-refractivity contribution in [3.05, 3.63) is 51.4 Å². The maximum Gasteiger partial charge on any atom is 0.189 e. The van der Waals surface area contributed by atoms with Gasteiger partial charge in [0.2, 0.25) is 0 Å². The summed E-state index contributed by atoms with van der Waals surface area (Å²) in [6, 6.07) is 7.30. The Morgan fingerprint density at radius 3 is 2.85 bits per heavy atom. The normalized spacial score (nSPS) is 14.8. The molecule has 0 N–H and O–H groups in total.